The highest BCUT2D eigenvalue weighted by Crippen LogP contribution is 2.41. The van der Waals surface area contributed by atoms with Crippen molar-refractivity contribution >= 4 is 28.9 Å². The summed E-state index contributed by atoms with van der Waals surface area (Å²) in [5, 5.41) is 0. The Morgan fingerprint density at radius 3 is 2.44 bits per heavy atom. The zero-order valence-corrected chi connectivity index (χ0v) is 18.9. The van der Waals surface area contributed by atoms with E-state index in [4.69, 9.17) is 9.72 Å². The van der Waals surface area contributed by atoms with Crippen LogP contribution in [0.5, 0.6) is 0 Å². The van der Waals surface area contributed by atoms with Gasteiger partial charge < -0.3 is 9.30 Å². The average molecular weight is 458 g/mol. The summed E-state index contributed by atoms with van der Waals surface area (Å²) in [5.41, 5.74) is 4.15. The molecule has 1 amide bonds. The molecule has 34 heavy (non-hydrogen) atoms. The van der Waals surface area contributed by atoms with Crippen LogP contribution in [0.15, 0.2) is 72.8 Å². The van der Waals surface area contributed by atoms with Crippen molar-refractivity contribution in [2.45, 2.75) is 26.4 Å². The Bertz CT molecular complexity index is 1360. The lowest BCUT2D eigenvalue weighted by atomic mass is 9.89. The Labute approximate surface area is 196 Å². The number of rotatable bonds is 5. The molecule has 0 radical (unpaired) electrons. The second-order valence-corrected chi connectivity index (χ2v) is 8.41. The smallest absolute Gasteiger partial charge is 0.321 e. The molecule has 3 aromatic carbocycles. The van der Waals surface area contributed by atoms with E-state index in [1.165, 1.54) is 12.1 Å². The number of para-hydroxylation sites is 2. The number of anilines is 1. The van der Waals surface area contributed by atoms with Gasteiger partial charge in [-0.25, -0.2) is 9.37 Å². The number of aromatic nitrogens is 2. The first-order valence-corrected chi connectivity index (χ1v) is 11.2. The molecule has 0 aliphatic carbocycles. The van der Waals surface area contributed by atoms with Crippen molar-refractivity contribution in [3.63, 3.8) is 0 Å². The van der Waals surface area contributed by atoms with Crippen LogP contribution in [0.1, 0.15) is 29.7 Å². The molecule has 0 spiro atoms. The molecule has 0 bridgehead atoms. The quantitative estimate of drug-likeness (QED) is 0.319. The van der Waals surface area contributed by atoms with Gasteiger partial charge in [-0.15, -0.1) is 0 Å². The van der Waals surface area contributed by atoms with Crippen LogP contribution in [0.25, 0.3) is 11.0 Å². The minimum atomic E-state index is -1.14. The number of nitrogens with zero attached hydrogens (tertiary/aromatic N) is 3. The van der Waals surface area contributed by atoms with Crippen molar-refractivity contribution < 1.29 is 18.7 Å². The van der Waals surface area contributed by atoms with Crippen molar-refractivity contribution in [2.75, 3.05) is 11.5 Å². The summed E-state index contributed by atoms with van der Waals surface area (Å²) in [6.45, 7) is 4.11. The summed E-state index contributed by atoms with van der Waals surface area (Å²) < 4.78 is 21.0. The van der Waals surface area contributed by atoms with Gasteiger partial charge in [0.2, 0.25) is 11.9 Å². The molecule has 6 nitrogen and oxygen atoms in total. The van der Waals surface area contributed by atoms with Crippen LogP contribution in [0.4, 0.5) is 10.3 Å². The van der Waals surface area contributed by atoms with Crippen molar-refractivity contribution in [3.8, 4) is 0 Å². The standard InChI is InChI=1S/C27H24FN3O3/c1-3-34-26(33)23-24(19-12-14-20(28)15-13-19)31-22-7-5-4-6-21(22)29-27(31)30(25(23)32)16-18-10-8-17(2)9-11-18/h4-15,23-24H,3,16H2,1-2H3/t23-,24-/m1/s1. The summed E-state index contributed by atoms with van der Waals surface area (Å²) in [5.74, 6) is -2.09. The molecular formula is C27H24FN3O3. The first-order chi connectivity index (χ1) is 16.5. The fraction of sp³-hybridized carbons (Fsp3) is 0.222. The van der Waals surface area contributed by atoms with Gasteiger partial charge in [-0.05, 0) is 49.2 Å². The first-order valence-electron chi connectivity index (χ1n) is 11.2. The Morgan fingerprint density at radius 1 is 1.03 bits per heavy atom. The largest absolute Gasteiger partial charge is 0.465 e. The maximum atomic E-state index is 13.9. The molecule has 1 aromatic heterocycles. The van der Waals surface area contributed by atoms with Crippen LogP contribution in [0.3, 0.4) is 0 Å². The lowest BCUT2D eigenvalue weighted by Crippen LogP contribution is -2.49. The number of hydrogen-bond donors (Lipinski definition) is 0. The zero-order valence-electron chi connectivity index (χ0n) is 18.9. The van der Waals surface area contributed by atoms with Gasteiger partial charge >= 0.3 is 5.97 Å². The average Bonchev–Trinajstić information content (AvgIpc) is 3.22. The Balaban J connectivity index is 1.73. The molecule has 1 aliphatic heterocycles. The lowest BCUT2D eigenvalue weighted by molar-refractivity contribution is -0.153. The molecule has 172 valence electrons. The molecule has 4 aromatic rings. The van der Waals surface area contributed by atoms with Crippen molar-refractivity contribution in [2.24, 2.45) is 5.92 Å². The highest BCUT2D eigenvalue weighted by Gasteiger charge is 2.47. The molecule has 0 saturated carbocycles. The molecule has 7 heteroatoms. The van der Waals surface area contributed by atoms with E-state index in [2.05, 4.69) is 0 Å². The number of carbonyl (C=O) groups is 2. The number of ether oxygens (including phenoxy) is 1. The fourth-order valence-electron chi connectivity index (χ4n) is 4.53. The summed E-state index contributed by atoms with van der Waals surface area (Å²) in [6.07, 6.45) is 0. The third-order valence-electron chi connectivity index (χ3n) is 6.16. The van der Waals surface area contributed by atoms with Crippen molar-refractivity contribution in [3.05, 3.63) is 95.3 Å². The first kappa shape index (κ1) is 21.8. The Kier molecular flexibility index (Phi) is 5.61. The van der Waals surface area contributed by atoms with Gasteiger partial charge in [0.05, 0.1) is 30.2 Å². The molecule has 0 saturated heterocycles. The predicted molar refractivity (Wildman–Crippen MR) is 127 cm³/mol. The maximum absolute atomic E-state index is 13.9. The third-order valence-corrected chi connectivity index (χ3v) is 6.16. The Hall–Kier alpha value is -4.00. The van der Waals surface area contributed by atoms with E-state index in [9.17, 15) is 14.0 Å². The van der Waals surface area contributed by atoms with E-state index < -0.39 is 29.7 Å². The monoisotopic (exact) mass is 457 g/mol. The summed E-state index contributed by atoms with van der Waals surface area (Å²) >= 11 is 0. The normalized spacial score (nSPS) is 17.6. The Morgan fingerprint density at radius 2 is 1.74 bits per heavy atom. The van der Waals surface area contributed by atoms with Crippen LogP contribution >= 0.6 is 0 Å². The zero-order chi connectivity index (χ0) is 23.8. The summed E-state index contributed by atoms with van der Waals surface area (Å²) in [4.78, 5) is 33.4. The molecule has 0 fully saturated rings. The topological polar surface area (TPSA) is 64.4 Å². The second-order valence-electron chi connectivity index (χ2n) is 8.41. The van der Waals surface area contributed by atoms with Gasteiger partial charge in [0.25, 0.3) is 0 Å². The van der Waals surface area contributed by atoms with E-state index in [-0.39, 0.29) is 13.2 Å². The van der Waals surface area contributed by atoms with E-state index in [0.29, 0.717) is 17.0 Å². The number of amides is 1. The summed E-state index contributed by atoms with van der Waals surface area (Å²) in [7, 11) is 0. The van der Waals surface area contributed by atoms with Crippen molar-refractivity contribution in [1.29, 1.82) is 0 Å². The molecule has 5 rings (SSSR count). The number of hydrogen-bond acceptors (Lipinski definition) is 4. The lowest BCUT2D eigenvalue weighted by Gasteiger charge is -2.38. The van der Waals surface area contributed by atoms with Crippen LogP contribution in [-0.2, 0) is 20.9 Å². The third kappa shape index (κ3) is 3.73. The highest BCUT2D eigenvalue weighted by molar-refractivity contribution is 6.08. The van der Waals surface area contributed by atoms with Crippen LogP contribution in [0, 0.1) is 18.7 Å². The molecule has 0 unspecified atom stereocenters. The van der Waals surface area contributed by atoms with E-state index >= 15 is 0 Å². The van der Waals surface area contributed by atoms with Gasteiger partial charge in [0, 0.05) is 0 Å². The van der Waals surface area contributed by atoms with Gasteiger partial charge in [-0.3, -0.25) is 14.5 Å². The number of esters is 1. The highest BCUT2D eigenvalue weighted by atomic mass is 19.1. The van der Waals surface area contributed by atoms with Crippen LogP contribution in [0.2, 0.25) is 0 Å². The van der Waals surface area contributed by atoms with Gasteiger partial charge in [0.15, 0.2) is 5.92 Å². The number of aryl methyl sites for hydroxylation is 1. The number of halogens is 1. The molecule has 2 heterocycles. The van der Waals surface area contributed by atoms with Gasteiger partial charge in [-0.1, -0.05) is 54.1 Å². The van der Waals surface area contributed by atoms with E-state index in [0.717, 1.165) is 16.6 Å². The van der Waals surface area contributed by atoms with Gasteiger partial charge in [-0.2, -0.15) is 0 Å². The number of benzene rings is 3. The van der Waals surface area contributed by atoms with E-state index in [1.54, 1.807) is 24.0 Å². The molecule has 1 aliphatic rings. The van der Waals surface area contributed by atoms with Crippen LogP contribution in [-0.4, -0.2) is 28.0 Å². The molecular weight excluding hydrogens is 433 g/mol. The SMILES string of the molecule is CCOC(=O)[C@H]1C(=O)N(Cc2ccc(C)cc2)c2nc3ccccc3n2[C@@H]1c1ccc(F)cc1. The van der Waals surface area contributed by atoms with E-state index in [1.807, 2.05) is 60.0 Å². The van der Waals surface area contributed by atoms with Gasteiger partial charge in [0.1, 0.15) is 5.82 Å². The minimum Gasteiger partial charge on any atom is -0.465 e. The van der Waals surface area contributed by atoms with Crippen LogP contribution < -0.4 is 4.90 Å². The predicted octanol–water partition coefficient (Wildman–Crippen LogP) is 4.80. The summed E-state index contributed by atoms with van der Waals surface area (Å²) in [6, 6.07) is 20.6. The maximum Gasteiger partial charge on any atom is 0.321 e. The molecule has 2 atom stereocenters. The fourth-order valence-corrected chi connectivity index (χ4v) is 4.53. The number of fused-ring (bicyclic) bond motifs is 3. The van der Waals surface area contributed by atoms with Crippen molar-refractivity contribution in [1.82, 2.24) is 9.55 Å². The number of carbonyl (C=O) groups excluding carboxylic acids is 2. The second kappa shape index (κ2) is 8.74. The molecule has 0 N–H and O–H groups in total. The number of imidazole rings is 1. The minimum absolute atomic E-state index is 0.147.